The molecule has 0 saturated heterocycles. The van der Waals surface area contributed by atoms with Crippen LogP contribution >= 0.6 is 0 Å². The predicted octanol–water partition coefficient (Wildman–Crippen LogP) is 2.36. The third-order valence-corrected chi connectivity index (χ3v) is 4.21. The Labute approximate surface area is 146 Å². The van der Waals surface area contributed by atoms with Crippen molar-refractivity contribution in [2.45, 2.75) is 20.4 Å². The van der Waals surface area contributed by atoms with Crippen LogP contribution in [0.2, 0.25) is 0 Å². The SMILES string of the molecule is Cc1cc(C(=O)C[n+]2cccc(C(N)=O)c2)c(C)n1-c1ccccc1. The van der Waals surface area contributed by atoms with Gasteiger partial charge < -0.3 is 10.3 Å². The first-order valence-electron chi connectivity index (χ1n) is 8.04. The summed E-state index contributed by atoms with van der Waals surface area (Å²) in [6.45, 7) is 4.08. The number of benzene rings is 1. The van der Waals surface area contributed by atoms with Crippen LogP contribution in [0.15, 0.2) is 60.9 Å². The second-order valence-corrected chi connectivity index (χ2v) is 6.01. The highest BCUT2D eigenvalue weighted by molar-refractivity contribution is 5.97. The molecule has 1 aromatic carbocycles. The van der Waals surface area contributed by atoms with E-state index in [1.54, 1.807) is 29.1 Å². The van der Waals surface area contributed by atoms with Crippen molar-refractivity contribution in [3.63, 3.8) is 0 Å². The second-order valence-electron chi connectivity index (χ2n) is 6.01. The summed E-state index contributed by atoms with van der Waals surface area (Å²) in [5.74, 6) is -0.522. The summed E-state index contributed by atoms with van der Waals surface area (Å²) in [7, 11) is 0. The molecule has 2 aromatic heterocycles. The van der Waals surface area contributed by atoms with Crippen LogP contribution in [0.25, 0.3) is 5.69 Å². The van der Waals surface area contributed by atoms with Gasteiger partial charge in [-0.25, -0.2) is 0 Å². The molecule has 3 rings (SSSR count). The monoisotopic (exact) mass is 334 g/mol. The largest absolute Gasteiger partial charge is 0.365 e. The molecule has 0 aliphatic heterocycles. The summed E-state index contributed by atoms with van der Waals surface area (Å²) in [6.07, 6.45) is 3.34. The lowest BCUT2D eigenvalue weighted by Crippen LogP contribution is -2.38. The standard InChI is InChI=1S/C20H19N3O2/c1-14-11-18(15(2)23(14)17-8-4-3-5-9-17)19(24)13-22-10-6-7-16(12-22)20(21)25/h3-12H,13H2,1-2H3,(H-,21,25)/p+1. The van der Waals surface area contributed by atoms with Gasteiger partial charge in [0.2, 0.25) is 12.3 Å². The third kappa shape index (κ3) is 3.35. The minimum Gasteiger partial charge on any atom is -0.365 e. The van der Waals surface area contributed by atoms with Crippen molar-refractivity contribution >= 4 is 11.7 Å². The van der Waals surface area contributed by atoms with E-state index in [1.807, 2.05) is 50.2 Å². The molecule has 1 amide bonds. The predicted molar refractivity (Wildman–Crippen MR) is 94.7 cm³/mol. The Morgan fingerprint density at radius 3 is 2.48 bits per heavy atom. The molecule has 0 saturated carbocycles. The molecule has 25 heavy (non-hydrogen) atoms. The zero-order chi connectivity index (χ0) is 18.0. The van der Waals surface area contributed by atoms with E-state index in [0.717, 1.165) is 17.1 Å². The number of pyridine rings is 1. The molecule has 0 spiro atoms. The molecule has 0 radical (unpaired) electrons. The number of nitrogens with zero attached hydrogens (tertiary/aromatic N) is 2. The Morgan fingerprint density at radius 1 is 1.08 bits per heavy atom. The summed E-state index contributed by atoms with van der Waals surface area (Å²) >= 11 is 0. The van der Waals surface area contributed by atoms with Crippen molar-refractivity contribution in [1.29, 1.82) is 0 Å². The van der Waals surface area contributed by atoms with Gasteiger partial charge in [-0.1, -0.05) is 18.2 Å². The molecule has 0 bridgehead atoms. The van der Waals surface area contributed by atoms with Gasteiger partial charge in [0.1, 0.15) is 5.56 Å². The van der Waals surface area contributed by atoms with Crippen LogP contribution in [-0.2, 0) is 6.54 Å². The Hall–Kier alpha value is -3.21. The molecule has 0 atom stereocenters. The number of primary amides is 1. The van der Waals surface area contributed by atoms with Gasteiger partial charge in [0.25, 0.3) is 5.91 Å². The minimum absolute atomic E-state index is 0.0121. The number of para-hydroxylation sites is 1. The highest BCUT2D eigenvalue weighted by Gasteiger charge is 2.20. The fourth-order valence-corrected chi connectivity index (χ4v) is 3.04. The van der Waals surface area contributed by atoms with E-state index in [0.29, 0.717) is 11.1 Å². The maximum atomic E-state index is 12.8. The summed E-state index contributed by atoms with van der Waals surface area (Å²) in [5, 5.41) is 0. The van der Waals surface area contributed by atoms with Crippen LogP contribution in [0.5, 0.6) is 0 Å². The Kier molecular flexibility index (Phi) is 4.48. The average Bonchev–Trinajstić information content (AvgIpc) is 2.90. The molecule has 0 unspecified atom stereocenters. The lowest BCUT2D eigenvalue weighted by atomic mass is 10.1. The maximum Gasteiger partial charge on any atom is 0.254 e. The van der Waals surface area contributed by atoms with Crippen molar-refractivity contribution in [3.8, 4) is 5.69 Å². The van der Waals surface area contributed by atoms with E-state index < -0.39 is 5.91 Å². The zero-order valence-electron chi connectivity index (χ0n) is 14.3. The molecule has 0 fully saturated rings. The first-order valence-corrected chi connectivity index (χ1v) is 8.04. The first-order chi connectivity index (χ1) is 12.0. The van der Waals surface area contributed by atoms with Gasteiger partial charge in [-0.05, 0) is 38.1 Å². The van der Waals surface area contributed by atoms with Crippen molar-refractivity contribution in [2.24, 2.45) is 5.73 Å². The van der Waals surface area contributed by atoms with Gasteiger partial charge in [0.15, 0.2) is 12.4 Å². The molecule has 0 aliphatic carbocycles. The van der Waals surface area contributed by atoms with Crippen molar-refractivity contribution in [2.75, 3.05) is 0 Å². The number of hydrogen-bond acceptors (Lipinski definition) is 2. The van der Waals surface area contributed by atoms with Crippen LogP contribution in [0.1, 0.15) is 32.1 Å². The molecule has 0 aliphatic rings. The lowest BCUT2D eigenvalue weighted by molar-refractivity contribution is -0.683. The van der Waals surface area contributed by atoms with E-state index in [-0.39, 0.29) is 12.3 Å². The smallest absolute Gasteiger partial charge is 0.254 e. The normalized spacial score (nSPS) is 10.6. The number of rotatable bonds is 5. The number of aryl methyl sites for hydroxylation is 1. The number of carbonyl (C=O) groups excluding carboxylic acids is 2. The molecule has 126 valence electrons. The number of aromatic nitrogens is 2. The highest BCUT2D eigenvalue weighted by atomic mass is 16.1. The van der Waals surface area contributed by atoms with Gasteiger partial charge >= 0.3 is 0 Å². The average molecular weight is 334 g/mol. The number of nitrogens with two attached hydrogens (primary N) is 1. The first kappa shape index (κ1) is 16.6. The Balaban J connectivity index is 1.91. The van der Waals surface area contributed by atoms with E-state index in [1.165, 1.54) is 0 Å². The van der Waals surface area contributed by atoms with Gasteiger partial charge in [0.05, 0.1) is 0 Å². The van der Waals surface area contributed by atoms with Gasteiger partial charge in [-0.15, -0.1) is 0 Å². The number of carbonyl (C=O) groups is 2. The fourth-order valence-electron chi connectivity index (χ4n) is 3.04. The van der Waals surface area contributed by atoms with Crippen LogP contribution in [0.4, 0.5) is 0 Å². The highest BCUT2D eigenvalue weighted by Crippen LogP contribution is 2.21. The molecule has 2 heterocycles. The lowest BCUT2D eigenvalue weighted by Gasteiger charge is -2.09. The molecule has 2 N–H and O–H groups in total. The van der Waals surface area contributed by atoms with Crippen molar-refractivity contribution in [1.82, 2.24) is 4.57 Å². The quantitative estimate of drug-likeness (QED) is 0.575. The molecule has 5 nitrogen and oxygen atoms in total. The molecule has 3 aromatic rings. The summed E-state index contributed by atoms with van der Waals surface area (Å²) < 4.78 is 3.74. The van der Waals surface area contributed by atoms with E-state index in [9.17, 15) is 9.59 Å². The number of amides is 1. The van der Waals surface area contributed by atoms with Crippen LogP contribution < -0.4 is 10.3 Å². The number of hydrogen-bond donors (Lipinski definition) is 1. The minimum atomic E-state index is -0.510. The summed E-state index contributed by atoms with van der Waals surface area (Å²) in [6, 6.07) is 15.2. The molecule has 5 heteroatoms. The van der Waals surface area contributed by atoms with Gasteiger partial charge in [-0.2, -0.15) is 4.57 Å². The molecular formula is C20H20N3O2+. The topological polar surface area (TPSA) is 69.0 Å². The Morgan fingerprint density at radius 2 is 1.80 bits per heavy atom. The van der Waals surface area contributed by atoms with Crippen LogP contribution in [0, 0.1) is 13.8 Å². The zero-order valence-corrected chi connectivity index (χ0v) is 14.3. The van der Waals surface area contributed by atoms with E-state index in [2.05, 4.69) is 4.57 Å². The molecular weight excluding hydrogens is 314 g/mol. The third-order valence-electron chi connectivity index (χ3n) is 4.21. The fraction of sp³-hybridized carbons (Fsp3) is 0.150. The van der Waals surface area contributed by atoms with Crippen molar-refractivity contribution < 1.29 is 14.2 Å². The van der Waals surface area contributed by atoms with Crippen LogP contribution in [0.3, 0.4) is 0 Å². The number of Topliss-reactive ketones (excluding diaryl/α,β-unsaturated/α-hetero) is 1. The maximum absolute atomic E-state index is 12.8. The van der Waals surface area contributed by atoms with Gasteiger partial charge in [0, 0.05) is 28.7 Å². The van der Waals surface area contributed by atoms with Gasteiger partial charge in [-0.3, -0.25) is 9.59 Å². The van der Waals surface area contributed by atoms with Crippen LogP contribution in [-0.4, -0.2) is 16.3 Å². The second kappa shape index (κ2) is 6.73. The van der Waals surface area contributed by atoms with E-state index >= 15 is 0 Å². The van der Waals surface area contributed by atoms with E-state index in [4.69, 9.17) is 5.73 Å². The summed E-state index contributed by atoms with van der Waals surface area (Å²) in [4.78, 5) is 24.1. The Bertz CT molecular complexity index is 943. The number of ketones is 1. The summed E-state index contributed by atoms with van der Waals surface area (Å²) in [5.41, 5.74) is 9.29. The van der Waals surface area contributed by atoms with Crippen molar-refractivity contribution in [3.05, 3.63) is 83.4 Å².